The van der Waals surface area contributed by atoms with E-state index in [0.29, 0.717) is 23.3 Å². The molecule has 0 amide bonds. The summed E-state index contributed by atoms with van der Waals surface area (Å²) in [6.07, 6.45) is 0.320. The van der Waals surface area contributed by atoms with Gasteiger partial charge in [-0.2, -0.15) is 0 Å². The average molecular weight is 354 g/mol. The molecule has 0 saturated heterocycles. The van der Waals surface area contributed by atoms with Crippen molar-refractivity contribution in [3.05, 3.63) is 69.5 Å². The number of hydrogen-bond donors (Lipinski definition) is 0. The molecule has 0 aliphatic rings. The molecule has 0 heterocycles. The Labute approximate surface area is 129 Å². The summed E-state index contributed by atoms with van der Waals surface area (Å²) in [7, 11) is 1.47. The second-order valence-electron chi connectivity index (χ2n) is 4.44. The topological polar surface area (TPSA) is 52.4 Å². The molecule has 0 fully saturated rings. The fourth-order valence-corrected chi connectivity index (χ4v) is 2.77. The standard InChI is InChI=1S/C15H13BrFNO3/c1-21-11-6-7-12(14(17)9-11)13(16)8-10-4-2-3-5-15(10)18(19)20/h2-7,9,13H,8H2,1H3. The van der Waals surface area contributed by atoms with Crippen LogP contribution in [-0.4, -0.2) is 12.0 Å². The Kier molecular flexibility index (Phi) is 4.90. The highest BCUT2D eigenvalue weighted by molar-refractivity contribution is 9.09. The van der Waals surface area contributed by atoms with Crippen LogP contribution in [0.4, 0.5) is 10.1 Å². The number of ether oxygens (including phenoxy) is 1. The third kappa shape index (κ3) is 3.58. The van der Waals surface area contributed by atoms with Gasteiger partial charge in [-0.25, -0.2) is 4.39 Å². The number of para-hydroxylation sites is 1. The second kappa shape index (κ2) is 6.67. The molecule has 6 heteroatoms. The number of halogens is 2. The molecule has 0 aliphatic carbocycles. The van der Waals surface area contributed by atoms with Gasteiger partial charge < -0.3 is 4.74 Å². The van der Waals surface area contributed by atoms with Crippen molar-refractivity contribution in [2.24, 2.45) is 0 Å². The minimum Gasteiger partial charge on any atom is -0.497 e. The Morgan fingerprint density at radius 2 is 2.05 bits per heavy atom. The predicted octanol–water partition coefficient (Wildman–Crippen LogP) is 4.42. The summed E-state index contributed by atoms with van der Waals surface area (Å²) in [4.78, 5) is 10.2. The molecule has 21 heavy (non-hydrogen) atoms. The first-order valence-electron chi connectivity index (χ1n) is 6.22. The van der Waals surface area contributed by atoms with Gasteiger partial charge in [0, 0.05) is 28.1 Å². The maximum Gasteiger partial charge on any atom is 0.272 e. The number of benzene rings is 2. The molecule has 0 spiro atoms. The van der Waals surface area contributed by atoms with E-state index < -0.39 is 10.7 Å². The van der Waals surface area contributed by atoms with Crippen molar-refractivity contribution in [3.8, 4) is 5.75 Å². The molecular weight excluding hydrogens is 341 g/mol. The molecule has 0 aromatic heterocycles. The summed E-state index contributed by atoms with van der Waals surface area (Å²) < 4.78 is 19.0. The molecule has 0 N–H and O–H groups in total. The van der Waals surface area contributed by atoms with Crippen LogP contribution in [0.3, 0.4) is 0 Å². The van der Waals surface area contributed by atoms with Gasteiger partial charge in [0.05, 0.1) is 12.0 Å². The third-order valence-electron chi connectivity index (χ3n) is 3.13. The van der Waals surface area contributed by atoms with Crippen molar-refractivity contribution in [1.29, 1.82) is 0 Å². The molecule has 0 radical (unpaired) electrons. The van der Waals surface area contributed by atoms with E-state index in [1.165, 1.54) is 19.2 Å². The predicted molar refractivity (Wildman–Crippen MR) is 81.4 cm³/mol. The average Bonchev–Trinajstić information content (AvgIpc) is 2.47. The summed E-state index contributed by atoms with van der Waals surface area (Å²) in [5, 5.41) is 11.0. The maximum atomic E-state index is 14.0. The van der Waals surface area contributed by atoms with E-state index in [0.717, 1.165) is 0 Å². The SMILES string of the molecule is COc1ccc(C(Br)Cc2ccccc2[N+](=O)[O-])c(F)c1. The second-order valence-corrected chi connectivity index (χ2v) is 5.55. The monoisotopic (exact) mass is 353 g/mol. The van der Waals surface area contributed by atoms with E-state index in [9.17, 15) is 14.5 Å². The van der Waals surface area contributed by atoms with Crippen LogP contribution in [0, 0.1) is 15.9 Å². The van der Waals surface area contributed by atoms with Gasteiger partial charge in [-0.3, -0.25) is 10.1 Å². The van der Waals surface area contributed by atoms with Crippen molar-refractivity contribution in [2.45, 2.75) is 11.2 Å². The lowest BCUT2D eigenvalue weighted by molar-refractivity contribution is -0.385. The molecule has 0 saturated carbocycles. The van der Waals surface area contributed by atoms with Crippen LogP contribution in [0.15, 0.2) is 42.5 Å². The lowest BCUT2D eigenvalue weighted by Crippen LogP contribution is -2.02. The van der Waals surface area contributed by atoms with Crippen LogP contribution < -0.4 is 4.74 Å². The number of nitro benzene ring substituents is 1. The molecule has 0 bridgehead atoms. The largest absolute Gasteiger partial charge is 0.497 e. The van der Waals surface area contributed by atoms with Gasteiger partial charge in [0.25, 0.3) is 5.69 Å². The van der Waals surface area contributed by atoms with Gasteiger partial charge >= 0.3 is 0 Å². The van der Waals surface area contributed by atoms with E-state index in [1.807, 2.05) is 0 Å². The number of nitro groups is 1. The highest BCUT2D eigenvalue weighted by Crippen LogP contribution is 2.33. The van der Waals surface area contributed by atoms with E-state index in [4.69, 9.17) is 4.74 Å². The molecule has 4 nitrogen and oxygen atoms in total. The van der Waals surface area contributed by atoms with Crippen LogP contribution in [0.2, 0.25) is 0 Å². The van der Waals surface area contributed by atoms with Crippen molar-refractivity contribution in [1.82, 2.24) is 0 Å². The first-order valence-corrected chi connectivity index (χ1v) is 7.14. The Morgan fingerprint density at radius 1 is 1.33 bits per heavy atom. The third-order valence-corrected chi connectivity index (χ3v) is 3.95. The lowest BCUT2D eigenvalue weighted by Gasteiger charge is -2.12. The zero-order valence-corrected chi connectivity index (χ0v) is 12.8. The van der Waals surface area contributed by atoms with E-state index in [1.54, 1.807) is 30.3 Å². The van der Waals surface area contributed by atoms with Crippen LogP contribution >= 0.6 is 15.9 Å². The van der Waals surface area contributed by atoms with Crippen molar-refractivity contribution in [2.75, 3.05) is 7.11 Å². The summed E-state index contributed by atoms with van der Waals surface area (Å²) in [6.45, 7) is 0. The molecule has 2 rings (SSSR count). The molecule has 1 atom stereocenters. The quantitative estimate of drug-likeness (QED) is 0.454. The molecule has 2 aromatic rings. The normalized spacial score (nSPS) is 12.0. The Balaban J connectivity index is 2.26. The zero-order chi connectivity index (χ0) is 15.4. The van der Waals surface area contributed by atoms with Crippen LogP contribution in [0.25, 0.3) is 0 Å². The first kappa shape index (κ1) is 15.4. The Hall–Kier alpha value is -1.95. The number of rotatable bonds is 5. The minimum absolute atomic E-state index is 0.0378. The molecule has 0 aliphatic heterocycles. The van der Waals surface area contributed by atoms with Crippen LogP contribution in [0.5, 0.6) is 5.75 Å². The van der Waals surface area contributed by atoms with Gasteiger partial charge in [-0.1, -0.05) is 40.2 Å². The maximum absolute atomic E-state index is 14.0. The van der Waals surface area contributed by atoms with Crippen molar-refractivity contribution >= 4 is 21.6 Å². The minimum atomic E-state index is -0.431. The van der Waals surface area contributed by atoms with Crippen LogP contribution in [0.1, 0.15) is 16.0 Å². The van der Waals surface area contributed by atoms with Gasteiger partial charge in [-0.15, -0.1) is 0 Å². The number of alkyl halides is 1. The van der Waals surface area contributed by atoms with Crippen LogP contribution in [-0.2, 0) is 6.42 Å². The van der Waals surface area contributed by atoms with E-state index in [-0.39, 0.29) is 10.5 Å². The fraction of sp³-hybridized carbons (Fsp3) is 0.200. The number of hydrogen-bond acceptors (Lipinski definition) is 3. The molecule has 2 aromatic carbocycles. The highest BCUT2D eigenvalue weighted by atomic mass is 79.9. The van der Waals surface area contributed by atoms with Crippen molar-refractivity contribution in [3.63, 3.8) is 0 Å². The Bertz CT molecular complexity index is 663. The Morgan fingerprint density at radius 3 is 2.67 bits per heavy atom. The highest BCUT2D eigenvalue weighted by Gasteiger charge is 2.19. The lowest BCUT2D eigenvalue weighted by atomic mass is 10.0. The number of nitrogens with zero attached hydrogens (tertiary/aromatic N) is 1. The molecule has 1 unspecified atom stereocenters. The van der Waals surface area contributed by atoms with Crippen molar-refractivity contribution < 1.29 is 14.1 Å². The van der Waals surface area contributed by atoms with Gasteiger partial charge in [-0.05, 0) is 12.5 Å². The van der Waals surface area contributed by atoms with Gasteiger partial charge in [0.1, 0.15) is 11.6 Å². The van der Waals surface area contributed by atoms with E-state index in [2.05, 4.69) is 15.9 Å². The molecule has 110 valence electrons. The zero-order valence-electron chi connectivity index (χ0n) is 11.3. The van der Waals surface area contributed by atoms with Gasteiger partial charge in [0.2, 0.25) is 0 Å². The first-order chi connectivity index (χ1) is 10.0. The fourth-order valence-electron chi connectivity index (χ4n) is 2.05. The number of methoxy groups -OCH3 is 1. The molecular formula is C15H13BrFNO3. The smallest absolute Gasteiger partial charge is 0.272 e. The summed E-state index contributed by atoms with van der Waals surface area (Å²) in [6, 6.07) is 11.0. The summed E-state index contributed by atoms with van der Waals surface area (Å²) in [5.74, 6) is 0.0245. The summed E-state index contributed by atoms with van der Waals surface area (Å²) in [5.41, 5.74) is 1.03. The summed E-state index contributed by atoms with van der Waals surface area (Å²) >= 11 is 3.40. The van der Waals surface area contributed by atoms with E-state index >= 15 is 0 Å². The van der Waals surface area contributed by atoms with Gasteiger partial charge in [0.15, 0.2) is 0 Å².